The molecule has 16 heavy (non-hydrogen) atoms. The SMILES string of the molecule is Cc1nnc(Cl)n1-c1cc(Cl)c(F)c(Cl)c1. The van der Waals surface area contributed by atoms with E-state index in [1.165, 1.54) is 16.7 Å². The second kappa shape index (κ2) is 4.20. The fraction of sp³-hybridized carbons (Fsp3) is 0.111. The largest absolute Gasteiger partial charge is 0.270 e. The van der Waals surface area contributed by atoms with E-state index in [9.17, 15) is 4.39 Å². The summed E-state index contributed by atoms with van der Waals surface area (Å²) in [5.41, 5.74) is 0.518. The second-order valence-corrected chi connectivity index (χ2v) is 4.23. The molecule has 0 N–H and O–H groups in total. The van der Waals surface area contributed by atoms with Crippen LogP contribution in [0, 0.1) is 12.7 Å². The summed E-state index contributed by atoms with van der Waals surface area (Å²) in [5.74, 6) is -0.0994. The topological polar surface area (TPSA) is 30.7 Å². The first-order valence-corrected chi connectivity index (χ1v) is 5.36. The van der Waals surface area contributed by atoms with Gasteiger partial charge in [-0.05, 0) is 30.7 Å². The number of nitrogens with zero attached hydrogens (tertiary/aromatic N) is 3. The predicted octanol–water partition coefficient (Wildman–Crippen LogP) is 3.68. The van der Waals surface area contributed by atoms with Crippen molar-refractivity contribution in [3.05, 3.63) is 39.1 Å². The molecule has 0 unspecified atom stereocenters. The number of rotatable bonds is 1. The van der Waals surface area contributed by atoms with E-state index >= 15 is 0 Å². The second-order valence-electron chi connectivity index (χ2n) is 3.08. The highest BCUT2D eigenvalue weighted by Gasteiger charge is 2.13. The summed E-state index contributed by atoms with van der Waals surface area (Å²) in [7, 11) is 0. The molecular weight excluding hydrogens is 275 g/mol. The monoisotopic (exact) mass is 279 g/mol. The molecule has 0 fully saturated rings. The highest BCUT2D eigenvalue weighted by atomic mass is 35.5. The van der Waals surface area contributed by atoms with Crippen molar-refractivity contribution in [1.82, 2.24) is 14.8 Å². The van der Waals surface area contributed by atoms with Crippen molar-refractivity contribution >= 4 is 34.8 Å². The molecule has 0 aliphatic carbocycles. The zero-order chi connectivity index (χ0) is 11.9. The Bertz CT molecular complexity index is 510. The average Bonchev–Trinajstić information content (AvgIpc) is 2.54. The van der Waals surface area contributed by atoms with Crippen LogP contribution in [0.15, 0.2) is 12.1 Å². The van der Waals surface area contributed by atoms with Gasteiger partial charge < -0.3 is 0 Å². The van der Waals surface area contributed by atoms with Crippen molar-refractivity contribution in [2.24, 2.45) is 0 Å². The van der Waals surface area contributed by atoms with Crippen molar-refractivity contribution in [1.29, 1.82) is 0 Å². The summed E-state index contributed by atoms with van der Waals surface area (Å²) in [5, 5.41) is 7.46. The third-order valence-electron chi connectivity index (χ3n) is 2.01. The van der Waals surface area contributed by atoms with E-state index in [-0.39, 0.29) is 15.3 Å². The van der Waals surface area contributed by atoms with Gasteiger partial charge in [0.1, 0.15) is 5.82 Å². The Balaban J connectivity index is 2.66. The Labute approximate surface area is 106 Å². The van der Waals surface area contributed by atoms with E-state index in [1.54, 1.807) is 6.92 Å². The molecule has 1 heterocycles. The summed E-state index contributed by atoms with van der Waals surface area (Å²) < 4.78 is 14.7. The molecule has 1 aromatic carbocycles. The zero-order valence-electron chi connectivity index (χ0n) is 8.01. The van der Waals surface area contributed by atoms with Crippen LogP contribution in [0.25, 0.3) is 5.69 Å². The van der Waals surface area contributed by atoms with E-state index in [0.29, 0.717) is 11.5 Å². The van der Waals surface area contributed by atoms with Gasteiger partial charge in [-0.3, -0.25) is 4.57 Å². The van der Waals surface area contributed by atoms with Gasteiger partial charge in [-0.1, -0.05) is 23.2 Å². The van der Waals surface area contributed by atoms with Crippen LogP contribution < -0.4 is 0 Å². The third kappa shape index (κ3) is 1.88. The average molecular weight is 281 g/mol. The van der Waals surface area contributed by atoms with Crippen LogP contribution in [0.2, 0.25) is 15.3 Å². The highest BCUT2D eigenvalue weighted by Crippen LogP contribution is 2.28. The molecule has 2 rings (SSSR count). The molecule has 0 saturated heterocycles. The van der Waals surface area contributed by atoms with Gasteiger partial charge in [-0.2, -0.15) is 0 Å². The minimum Gasteiger partial charge on any atom is -0.270 e. The molecule has 0 radical (unpaired) electrons. The predicted molar refractivity (Wildman–Crippen MR) is 61.1 cm³/mol. The molecule has 0 aliphatic rings. The van der Waals surface area contributed by atoms with E-state index < -0.39 is 5.82 Å². The van der Waals surface area contributed by atoms with E-state index in [2.05, 4.69) is 10.2 Å². The van der Waals surface area contributed by atoms with Gasteiger partial charge >= 0.3 is 0 Å². The summed E-state index contributed by atoms with van der Waals surface area (Å²) in [6.45, 7) is 1.71. The van der Waals surface area contributed by atoms with E-state index in [1.807, 2.05) is 0 Å². The first-order valence-electron chi connectivity index (χ1n) is 4.23. The summed E-state index contributed by atoms with van der Waals surface area (Å²) in [6.07, 6.45) is 0. The number of hydrogen-bond donors (Lipinski definition) is 0. The van der Waals surface area contributed by atoms with Crippen LogP contribution in [-0.2, 0) is 0 Å². The van der Waals surface area contributed by atoms with Crippen molar-refractivity contribution < 1.29 is 4.39 Å². The number of hydrogen-bond acceptors (Lipinski definition) is 2. The Hall–Kier alpha value is -0.840. The number of benzene rings is 1. The lowest BCUT2D eigenvalue weighted by atomic mass is 10.3. The Kier molecular flexibility index (Phi) is 3.06. The zero-order valence-corrected chi connectivity index (χ0v) is 10.3. The fourth-order valence-corrected chi connectivity index (χ4v) is 2.03. The first-order chi connectivity index (χ1) is 7.50. The molecule has 7 heteroatoms. The van der Waals surface area contributed by atoms with Gasteiger partial charge in [0, 0.05) is 0 Å². The van der Waals surface area contributed by atoms with Crippen molar-refractivity contribution in [2.75, 3.05) is 0 Å². The van der Waals surface area contributed by atoms with Crippen LogP contribution in [0.4, 0.5) is 4.39 Å². The quantitative estimate of drug-likeness (QED) is 0.746. The molecule has 0 amide bonds. The minimum atomic E-state index is -0.658. The van der Waals surface area contributed by atoms with Crippen LogP contribution >= 0.6 is 34.8 Å². The molecule has 0 saturated carbocycles. The molecule has 2 aromatic rings. The number of aryl methyl sites for hydroxylation is 1. The molecule has 0 spiro atoms. The highest BCUT2D eigenvalue weighted by molar-refractivity contribution is 6.35. The van der Waals surface area contributed by atoms with Crippen LogP contribution in [-0.4, -0.2) is 14.8 Å². The summed E-state index contributed by atoms with van der Waals surface area (Å²) >= 11 is 17.2. The molecule has 84 valence electrons. The Morgan fingerprint density at radius 2 is 1.69 bits per heavy atom. The maximum atomic E-state index is 13.2. The van der Waals surface area contributed by atoms with Gasteiger partial charge in [0.2, 0.25) is 5.28 Å². The standard InChI is InChI=1S/C9H5Cl3FN3/c1-4-14-15-9(12)16(4)5-2-6(10)8(13)7(11)3-5/h2-3H,1H3. The van der Waals surface area contributed by atoms with Crippen LogP contribution in [0.1, 0.15) is 5.82 Å². The molecule has 3 nitrogen and oxygen atoms in total. The van der Waals surface area contributed by atoms with Gasteiger partial charge in [0.25, 0.3) is 0 Å². The third-order valence-corrected chi connectivity index (χ3v) is 2.81. The van der Waals surface area contributed by atoms with Crippen LogP contribution in [0.3, 0.4) is 0 Å². The maximum absolute atomic E-state index is 13.2. The smallest absolute Gasteiger partial charge is 0.229 e. The fourth-order valence-electron chi connectivity index (χ4n) is 1.30. The normalized spacial score (nSPS) is 10.8. The lowest BCUT2D eigenvalue weighted by Gasteiger charge is -2.07. The maximum Gasteiger partial charge on any atom is 0.229 e. The summed E-state index contributed by atoms with van der Waals surface area (Å²) in [4.78, 5) is 0. The number of halogens is 4. The van der Waals surface area contributed by atoms with Crippen molar-refractivity contribution in [2.45, 2.75) is 6.92 Å². The van der Waals surface area contributed by atoms with E-state index in [0.717, 1.165) is 0 Å². The van der Waals surface area contributed by atoms with Crippen LogP contribution in [0.5, 0.6) is 0 Å². The lowest BCUT2D eigenvalue weighted by Crippen LogP contribution is -1.98. The van der Waals surface area contributed by atoms with Gasteiger partial charge in [-0.25, -0.2) is 4.39 Å². The Morgan fingerprint density at radius 1 is 1.12 bits per heavy atom. The number of aromatic nitrogens is 3. The van der Waals surface area contributed by atoms with Crippen molar-refractivity contribution in [3.8, 4) is 5.69 Å². The van der Waals surface area contributed by atoms with E-state index in [4.69, 9.17) is 34.8 Å². The molecule has 0 aliphatic heterocycles. The molecule has 0 bridgehead atoms. The summed E-state index contributed by atoms with van der Waals surface area (Å²) in [6, 6.07) is 2.82. The van der Waals surface area contributed by atoms with Crippen molar-refractivity contribution in [3.63, 3.8) is 0 Å². The minimum absolute atomic E-state index is 0.0772. The molecule has 1 aromatic heterocycles. The lowest BCUT2D eigenvalue weighted by molar-refractivity contribution is 0.628. The molecule has 0 atom stereocenters. The molecular formula is C9H5Cl3FN3. The van der Waals surface area contributed by atoms with Gasteiger partial charge in [0.05, 0.1) is 15.7 Å². The van der Waals surface area contributed by atoms with Gasteiger partial charge in [-0.15, -0.1) is 10.2 Å². The van der Waals surface area contributed by atoms with Gasteiger partial charge in [0.15, 0.2) is 5.82 Å². The first kappa shape index (κ1) is 11.6. The Morgan fingerprint density at radius 3 is 2.12 bits per heavy atom.